The molecule has 1 heterocycles. The van der Waals surface area contributed by atoms with E-state index in [9.17, 15) is 4.79 Å². The number of amides is 1. The lowest BCUT2D eigenvalue weighted by atomic mass is 10.2. The summed E-state index contributed by atoms with van der Waals surface area (Å²) >= 11 is 12.5. The first-order chi connectivity index (χ1) is 14.0. The minimum atomic E-state index is -0.406. The van der Waals surface area contributed by atoms with E-state index in [0.717, 1.165) is 11.1 Å². The largest absolute Gasteiger partial charge is 0.319 e. The minimum Gasteiger partial charge on any atom is -0.319 e. The van der Waals surface area contributed by atoms with Gasteiger partial charge in [0.15, 0.2) is 5.82 Å². The third kappa shape index (κ3) is 4.16. The number of aromatic nitrogens is 3. The standard InChI is InChI=1S/C22H16Cl2N4O/c1-14-10-11-18(13-19(14)24)28-21(15-6-5-7-16(23)12-15)26-20(27-28)22(29)25-17-8-3-2-4-9-17/h2-13H,1H3,(H,25,29). The highest BCUT2D eigenvalue weighted by Crippen LogP contribution is 2.26. The van der Waals surface area contributed by atoms with E-state index in [0.29, 0.717) is 27.2 Å². The third-order valence-corrected chi connectivity index (χ3v) is 4.97. The molecule has 0 spiro atoms. The van der Waals surface area contributed by atoms with E-state index in [1.165, 1.54) is 0 Å². The Balaban J connectivity index is 1.80. The number of nitrogens with one attached hydrogen (secondary N) is 1. The second-order valence-electron chi connectivity index (χ2n) is 6.43. The summed E-state index contributed by atoms with van der Waals surface area (Å²) < 4.78 is 1.59. The Morgan fingerprint density at radius 3 is 2.48 bits per heavy atom. The summed E-state index contributed by atoms with van der Waals surface area (Å²) in [4.78, 5) is 17.2. The zero-order valence-electron chi connectivity index (χ0n) is 15.4. The van der Waals surface area contributed by atoms with Crippen molar-refractivity contribution >= 4 is 34.8 Å². The summed E-state index contributed by atoms with van der Waals surface area (Å²) in [6, 6.07) is 21.9. The van der Waals surface area contributed by atoms with Gasteiger partial charge in [-0.25, -0.2) is 9.67 Å². The normalized spacial score (nSPS) is 10.7. The van der Waals surface area contributed by atoms with Crippen molar-refractivity contribution < 1.29 is 4.79 Å². The molecule has 0 saturated heterocycles. The number of hydrogen-bond donors (Lipinski definition) is 1. The summed E-state index contributed by atoms with van der Waals surface area (Å²) in [7, 11) is 0. The smallest absolute Gasteiger partial charge is 0.295 e. The number of halogens is 2. The highest BCUT2D eigenvalue weighted by molar-refractivity contribution is 6.31. The molecule has 0 atom stereocenters. The van der Waals surface area contributed by atoms with Gasteiger partial charge in [0.2, 0.25) is 5.82 Å². The first-order valence-corrected chi connectivity index (χ1v) is 9.63. The summed E-state index contributed by atoms with van der Waals surface area (Å²) in [5, 5.41) is 8.42. The molecule has 1 aromatic heterocycles. The Kier molecular flexibility index (Phi) is 5.34. The van der Waals surface area contributed by atoms with Crippen LogP contribution in [0.25, 0.3) is 17.1 Å². The SMILES string of the molecule is Cc1ccc(-n2nc(C(=O)Nc3ccccc3)nc2-c2cccc(Cl)c2)cc1Cl. The number of para-hydroxylation sites is 1. The van der Waals surface area contributed by atoms with Crippen molar-refractivity contribution in [3.63, 3.8) is 0 Å². The molecule has 5 nitrogen and oxygen atoms in total. The predicted octanol–water partition coefficient (Wildman–Crippen LogP) is 5.80. The van der Waals surface area contributed by atoms with Crippen LogP contribution in [0, 0.1) is 6.92 Å². The Morgan fingerprint density at radius 1 is 0.966 bits per heavy atom. The van der Waals surface area contributed by atoms with Crippen LogP contribution in [0.15, 0.2) is 72.8 Å². The monoisotopic (exact) mass is 422 g/mol. The molecule has 0 aliphatic rings. The van der Waals surface area contributed by atoms with Gasteiger partial charge in [0.1, 0.15) is 0 Å². The first-order valence-electron chi connectivity index (χ1n) is 8.87. The van der Waals surface area contributed by atoms with E-state index in [-0.39, 0.29) is 5.82 Å². The van der Waals surface area contributed by atoms with Gasteiger partial charge in [0.25, 0.3) is 5.91 Å². The zero-order chi connectivity index (χ0) is 20.4. The summed E-state index contributed by atoms with van der Waals surface area (Å²) in [6.45, 7) is 1.92. The molecule has 29 heavy (non-hydrogen) atoms. The molecule has 4 aromatic rings. The van der Waals surface area contributed by atoms with Crippen LogP contribution in [0.4, 0.5) is 5.69 Å². The number of rotatable bonds is 4. The molecular weight excluding hydrogens is 407 g/mol. The molecule has 0 aliphatic heterocycles. The Bertz CT molecular complexity index is 1190. The van der Waals surface area contributed by atoms with Crippen LogP contribution in [0.3, 0.4) is 0 Å². The molecule has 1 N–H and O–H groups in total. The second-order valence-corrected chi connectivity index (χ2v) is 7.28. The molecule has 144 valence electrons. The summed E-state index contributed by atoms with van der Waals surface area (Å²) in [6.07, 6.45) is 0. The quantitative estimate of drug-likeness (QED) is 0.451. The predicted molar refractivity (Wildman–Crippen MR) is 116 cm³/mol. The fourth-order valence-corrected chi connectivity index (χ4v) is 3.19. The summed E-state index contributed by atoms with van der Waals surface area (Å²) in [5.41, 5.74) is 3.04. The molecule has 0 bridgehead atoms. The van der Waals surface area contributed by atoms with E-state index < -0.39 is 5.91 Å². The molecule has 0 radical (unpaired) electrons. The van der Waals surface area contributed by atoms with Gasteiger partial charge in [-0.1, -0.05) is 59.6 Å². The van der Waals surface area contributed by atoms with Gasteiger partial charge in [0.05, 0.1) is 5.69 Å². The lowest BCUT2D eigenvalue weighted by Gasteiger charge is -2.08. The van der Waals surface area contributed by atoms with Crippen LogP contribution >= 0.6 is 23.2 Å². The van der Waals surface area contributed by atoms with Crippen LogP contribution in [0.5, 0.6) is 0 Å². The van der Waals surface area contributed by atoms with Gasteiger partial charge in [0, 0.05) is 21.3 Å². The average molecular weight is 423 g/mol. The lowest BCUT2D eigenvalue weighted by molar-refractivity contribution is 0.101. The second kappa shape index (κ2) is 8.07. The van der Waals surface area contributed by atoms with Crippen molar-refractivity contribution in [1.82, 2.24) is 14.8 Å². The molecule has 0 fully saturated rings. The van der Waals surface area contributed by atoms with Gasteiger partial charge < -0.3 is 5.32 Å². The molecule has 3 aromatic carbocycles. The molecule has 0 unspecified atom stereocenters. The van der Waals surface area contributed by atoms with Crippen LogP contribution in [0.2, 0.25) is 10.0 Å². The topological polar surface area (TPSA) is 59.8 Å². The lowest BCUT2D eigenvalue weighted by Crippen LogP contribution is -2.14. The van der Waals surface area contributed by atoms with Crippen molar-refractivity contribution in [2.45, 2.75) is 6.92 Å². The van der Waals surface area contributed by atoms with E-state index in [2.05, 4.69) is 15.4 Å². The Morgan fingerprint density at radius 2 is 1.76 bits per heavy atom. The number of hydrogen-bond acceptors (Lipinski definition) is 3. The van der Waals surface area contributed by atoms with Gasteiger partial charge >= 0.3 is 0 Å². The number of anilines is 1. The van der Waals surface area contributed by atoms with Crippen LogP contribution in [0.1, 0.15) is 16.2 Å². The van der Waals surface area contributed by atoms with E-state index in [1.54, 1.807) is 35.0 Å². The van der Waals surface area contributed by atoms with Gasteiger partial charge in [-0.05, 0) is 48.9 Å². The average Bonchev–Trinajstić information content (AvgIpc) is 3.16. The number of benzene rings is 3. The van der Waals surface area contributed by atoms with Crippen molar-refractivity contribution in [2.24, 2.45) is 0 Å². The number of nitrogens with zero attached hydrogens (tertiary/aromatic N) is 3. The van der Waals surface area contributed by atoms with Crippen LogP contribution in [-0.4, -0.2) is 20.7 Å². The number of carbonyl (C=O) groups is 1. The van der Waals surface area contributed by atoms with E-state index in [1.807, 2.05) is 49.4 Å². The van der Waals surface area contributed by atoms with Crippen molar-refractivity contribution in [1.29, 1.82) is 0 Å². The minimum absolute atomic E-state index is 0.0422. The molecule has 1 amide bonds. The van der Waals surface area contributed by atoms with Crippen molar-refractivity contribution in [3.8, 4) is 17.1 Å². The highest BCUT2D eigenvalue weighted by atomic mass is 35.5. The molecule has 4 rings (SSSR count). The van der Waals surface area contributed by atoms with Gasteiger partial charge in [-0.15, -0.1) is 5.10 Å². The number of aryl methyl sites for hydroxylation is 1. The fraction of sp³-hybridized carbons (Fsp3) is 0.0455. The van der Waals surface area contributed by atoms with E-state index >= 15 is 0 Å². The maximum absolute atomic E-state index is 12.7. The first kappa shape index (κ1) is 19.2. The molecule has 0 saturated carbocycles. The Labute approximate surface area is 177 Å². The maximum Gasteiger partial charge on any atom is 0.295 e. The van der Waals surface area contributed by atoms with Crippen LogP contribution < -0.4 is 5.32 Å². The summed E-state index contributed by atoms with van der Waals surface area (Å²) in [5.74, 6) is 0.127. The highest BCUT2D eigenvalue weighted by Gasteiger charge is 2.19. The van der Waals surface area contributed by atoms with E-state index in [4.69, 9.17) is 23.2 Å². The molecule has 0 aliphatic carbocycles. The van der Waals surface area contributed by atoms with Gasteiger partial charge in [-0.2, -0.15) is 0 Å². The molecule has 7 heteroatoms. The maximum atomic E-state index is 12.7. The molecular formula is C22H16Cl2N4O. The third-order valence-electron chi connectivity index (χ3n) is 4.32. The van der Waals surface area contributed by atoms with Crippen LogP contribution in [-0.2, 0) is 0 Å². The van der Waals surface area contributed by atoms with Gasteiger partial charge in [-0.3, -0.25) is 4.79 Å². The zero-order valence-corrected chi connectivity index (χ0v) is 16.9. The Hall–Kier alpha value is -3.15. The van der Waals surface area contributed by atoms with Crippen molar-refractivity contribution in [3.05, 3.63) is 94.2 Å². The van der Waals surface area contributed by atoms with Crippen molar-refractivity contribution in [2.75, 3.05) is 5.32 Å². The fourth-order valence-electron chi connectivity index (χ4n) is 2.82. The number of carbonyl (C=O) groups excluding carboxylic acids is 1.